The first kappa shape index (κ1) is 19.4. The SMILES string of the molecule is Cc1nn(C)c(C)c1CN(C1CC1)C1CCC(=O)N(CCC(C)C)CC1. The molecule has 5 heteroatoms. The Morgan fingerprint density at radius 1 is 1.15 bits per heavy atom. The summed E-state index contributed by atoms with van der Waals surface area (Å²) in [6.45, 7) is 11.6. The molecule has 2 aliphatic rings. The number of hydrogen-bond donors (Lipinski definition) is 0. The van der Waals surface area contributed by atoms with E-state index >= 15 is 0 Å². The van der Waals surface area contributed by atoms with E-state index in [0.29, 0.717) is 30.3 Å². The van der Waals surface area contributed by atoms with Crippen LogP contribution in [0.3, 0.4) is 0 Å². The number of amides is 1. The fourth-order valence-electron chi connectivity index (χ4n) is 4.20. The van der Waals surface area contributed by atoms with Gasteiger partial charge in [0.25, 0.3) is 0 Å². The molecule has 1 aliphatic carbocycles. The normalized spacial score (nSPS) is 21.7. The van der Waals surface area contributed by atoms with E-state index in [2.05, 4.69) is 42.6 Å². The Bertz CT molecular complexity index is 632. The molecule has 0 bridgehead atoms. The van der Waals surface area contributed by atoms with Gasteiger partial charge in [-0.15, -0.1) is 0 Å². The maximum atomic E-state index is 12.5. The van der Waals surface area contributed by atoms with E-state index in [0.717, 1.165) is 44.6 Å². The number of aromatic nitrogens is 2. The van der Waals surface area contributed by atoms with E-state index in [9.17, 15) is 4.79 Å². The molecule has 5 nitrogen and oxygen atoms in total. The third-order valence-electron chi connectivity index (χ3n) is 6.24. The molecule has 1 saturated carbocycles. The number of carbonyl (C=O) groups is 1. The van der Waals surface area contributed by atoms with Gasteiger partial charge in [0.1, 0.15) is 0 Å². The van der Waals surface area contributed by atoms with Gasteiger partial charge in [0.05, 0.1) is 5.69 Å². The highest BCUT2D eigenvalue weighted by atomic mass is 16.2. The third-order valence-corrected chi connectivity index (χ3v) is 6.24. The lowest BCUT2D eigenvalue weighted by Crippen LogP contribution is -2.38. The van der Waals surface area contributed by atoms with Crippen LogP contribution in [-0.4, -0.2) is 50.7 Å². The number of rotatable bonds is 7. The lowest BCUT2D eigenvalue weighted by Gasteiger charge is -2.31. The van der Waals surface area contributed by atoms with Crippen molar-refractivity contribution in [2.75, 3.05) is 13.1 Å². The van der Waals surface area contributed by atoms with Gasteiger partial charge in [-0.1, -0.05) is 13.8 Å². The van der Waals surface area contributed by atoms with Gasteiger partial charge >= 0.3 is 0 Å². The van der Waals surface area contributed by atoms with Gasteiger partial charge in [0.2, 0.25) is 5.91 Å². The van der Waals surface area contributed by atoms with Crippen LogP contribution in [0.2, 0.25) is 0 Å². The second-order valence-corrected chi connectivity index (χ2v) is 8.72. The van der Waals surface area contributed by atoms with Crippen LogP contribution in [0.5, 0.6) is 0 Å². The highest BCUT2D eigenvalue weighted by Crippen LogP contribution is 2.34. The predicted octanol–water partition coefficient (Wildman–Crippen LogP) is 3.43. The molecule has 0 N–H and O–H groups in total. The molecule has 0 aromatic carbocycles. The summed E-state index contributed by atoms with van der Waals surface area (Å²) in [5, 5.41) is 4.60. The van der Waals surface area contributed by atoms with E-state index in [1.165, 1.54) is 24.1 Å². The summed E-state index contributed by atoms with van der Waals surface area (Å²) in [6, 6.07) is 1.23. The second-order valence-electron chi connectivity index (χ2n) is 8.72. The molecular weight excluding hydrogens is 324 g/mol. The molecule has 1 saturated heterocycles. The first-order valence-electron chi connectivity index (χ1n) is 10.4. The van der Waals surface area contributed by atoms with Crippen molar-refractivity contribution < 1.29 is 4.79 Å². The van der Waals surface area contributed by atoms with Crippen molar-refractivity contribution in [1.29, 1.82) is 0 Å². The zero-order valence-electron chi connectivity index (χ0n) is 17.3. The number of carbonyl (C=O) groups excluding carboxylic acids is 1. The Morgan fingerprint density at radius 2 is 1.85 bits per heavy atom. The van der Waals surface area contributed by atoms with E-state index in [-0.39, 0.29) is 0 Å². The average Bonchev–Trinajstić information content (AvgIpc) is 3.39. The molecule has 146 valence electrons. The van der Waals surface area contributed by atoms with Crippen LogP contribution in [-0.2, 0) is 18.4 Å². The van der Waals surface area contributed by atoms with Crippen molar-refractivity contribution in [3.63, 3.8) is 0 Å². The highest BCUT2D eigenvalue weighted by molar-refractivity contribution is 5.76. The van der Waals surface area contributed by atoms with Crippen LogP contribution in [0, 0.1) is 19.8 Å². The van der Waals surface area contributed by atoms with Crippen LogP contribution in [0.15, 0.2) is 0 Å². The smallest absolute Gasteiger partial charge is 0.222 e. The fraction of sp³-hybridized carbons (Fsp3) is 0.810. The average molecular weight is 361 g/mol. The maximum Gasteiger partial charge on any atom is 0.222 e. The van der Waals surface area contributed by atoms with Gasteiger partial charge in [-0.25, -0.2) is 0 Å². The van der Waals surface area contributed by atoms with Crippen LogP contribution < -0.4 is 0 Å². The van der Waals surface area contributed by atoms with E-state index in [1.54, 1.807) is 0 Å². The second kappa shape index (κ2) is 8.12. The number of nitrogens with zero attached hydrogens (tertiary/aromatic N) is 4. The zero-order chi connectivity index (χ0) is 18.8. The van der Waals surface area contributed by atoms with Gasteiger partial charge in [0.15, 0.2) is 0 Å². The van der Waals surface area contributed by atoms with Gasteiger partial charge in [0, 0.05) is 56.4 Å². The molecule has 2 fully saturated rings. The minimum Gasteiger partial charge on any atom is -0.343 e. The van der Waals surface area contributed by atoms with Crippen molar-refractivity contribution in [3.05, 3.63) is 17.0 Å². The first-order valence-corrected chi connectivity index (χ1v) is 10.4. The number of hydrogen-bond acceptors (Lipinski definition) is 3. The Hall–Kier alpha value is -1.36. The summed E-state index contributed by atoms with van der Waals surface area (Å²) in [5.74, 6) is 1.01. The van der Waals surface area contributed by atoms with E-state index < -0.39 is 0 Å². The molecular formula is C21H36N4O. The van der Waals surface area contributed by atoms with Gasteiger partial charge in [-0.3, -0.25) is 14.4 Å². The zero-order valence-corrected chi connectivity index (χ0v) is 17.3. The summed E-state index contributed by atoms with van der Waals surface area (Å²) < 4.78 is 2.00. The number of aryl methyl sites for hydroxylation is 2. The topological polar surface area (TPSA) is 41.4 Å². The predicted molar refractivity (Wildman–Crippen MR) is 105 cm³/mol. The maximum absolute atomic E-state index is 12.5. The Balaban J connectivity index is 1.68. The van der Waals surface area contributed by atoms with Crippen LogP contribution in [0.25, 0.3) is 0 Å². The quantitative estimate of drug-likeness (QED) is 0.748. The minimum absolute atomic E-state index is 0.359. The molecule has 1 aromatic rings. The Labute approximate surface area is 158 Å². The molecule has 0 spiro atoms. The molecule has 3 rings (SSSR count). The van der Waals surface area contributed by atoms with Gasteiger partial charge in [-0.2, -0.15) is 5.10 Å². The molecule has 0 radical (unpaired) electrons. The van der Waals surface area contributed by atoms with Crippen LogP contribution in [0.1, 0.15) is 69.3 Å². The van der Waals surface area contributed by atoms with Crippen LogP contribution >= 0.6 is 0 Å². The molecule has 1 aromatic heterocycles. The lowest BCUT2D eigenvalue weighted by molar-refractivity contribution is -0.130. The van der Waals surface area contributed by atoms with Crippen LogP contribution in [0.4, 0.5) is 0 Å². The summed E-state index contributed by atoms with van der Waals surface area (Å²) in [7, 11) is 2.03. The van der Waals surface area contributed by atoms with Gasteiger partial charge in [-0.05, 0) is 51.9 Å². The van der Waals surface area contributed by atoms with Crippen molar-refractivity contribution in [3.8, 4) is 0 Å². The largest absolute Gasteiger partial charge is 0.343 e. The third kappa shape index (κ3) is 4.48. The standard InChI is InChI=1S/C21H36N4O/c1-15(2)10-12-24-13-11-19(8-9-21(24)26)25(18-6-7-18)14-20-16(3)22-23(5)17(20)4/h15,18-19H,6-14H2,1-5H3. The Kier molecular flexibility index (Phi) is 6.06. The summed E-state index contributed by atoms with van der Waals surface area (Å²) in [6.07, 6.45) is 6.54. The molecule has 1 amide bonds. The summed E-state index contributed by atoms with van der Waals surface area (Å²) >= 11 is 0. The minimum atomic E-state index is 0.359. The van der Waals surface area contributed by atoms with E-state index in [4.69, 9.17) is 0 Å². The Morgan fingerprint density at radius 3 is 2.42 bits per heavy atom. The lowest BCUT2D eigenvalue weighted by atomic mass is 10.0. The molecule has 1 unspecified atom stereocenters. The molecule has 1 atom stereocenters. The molecule has 1 aliphatic heterocycles. The van der Waals surface area contributed by atoms with Crippen molar-refractivity contribution in [2.24, 2.45) is 13.0 Å². The van der Waals surface area contributed by atoms with E-state index in [1.807, 2.05) is 11.7 Å². The van der Waals surface area contributed by atoms with Crippen molar-refractivity contribution >= 4 is 5.91 Å². The monoisotopic (exact) mass is 360 g/mol. The molecule has 26 heavy (non-hydrogen) atoms. The summed E-state index contributed by atoms with van der Waals surface area (Å²) in [4.78, 5) is 17.4. The first-order chi connectivity index (χ1) is 12.4. The fourth-order valence-corrected chi connectivity index (χ4v) is 4.20. The molecule has 2 heterocycles. The van der Waals surface area contributed by atoms with Gasteiger partial charge < -0.3 is 4.90 Å². The van der Waals surface area contributed by atoms with Crippen molar-refractivity contribution in [2.45, 2.75) is 84.8 Å². The number of likely N-dealkylation sites (tertiary alicyclic amines) is 1. The summed E-state index contributed by atoms with van der Waals surface area (Å²) in [5.41, 5.74) is 3.81. The highest BCUT2D eigenvalue weighted by Gasteiger charge is 2.36. The van der Waals surface area contributed by atoms with Crippen molar-refractivity contribution in [1.82, 2.24) is 19.6 Å².